The van der Waals surface area contributed by atoms with Crippen LogP contribution in [0.25, 0.3) is 0 Å². The van der Waals surface area contributed by atoms with Gasteiger partial charge >= 0.3 is 5.97 Å². The summed E-state index contributed by atoms with van der Waals surface area (Å²) in [7, 11) is 0. The van der Waals surface area contributed by atoms with Crippen LogP contribution in [0.2, 0.25) is 0 Å². The summed E-state index contributed by atoms with van der Waals surface area (Å²) < 4.78 is 18.6. The lowest BCUT2D eigenvalue weighted by molar-refractivity contribution is -0.146. The van der Waals surface area contributed by atoms with Crippen LogP contribution < -0.4 is 5.73 Å². The molecule has 0 radical (unpaired) electrons. The molecule has 5 heteroatoms. The van der Waals surface area contributed by atoms with Crippen molar-refractivity contribution in [3.63, 3.8) is 0 Å². The largest absolute Gasteiger partial charge is 0.481 e. The zero-order valence-electron chi connectivity index (χ0n) is 8.86. The van der Waals surface area contributed by atoms with Crippen molar-refractivity contribution in [1.82, 2.24) is 0 Å². The first-order chi connectivity index (χ1) is 6.99. The highest BCUT2D eigenvalue weighted by atomic mass is 19.1. The molecular weight excluding hydrogens is 201 g/mol. The number of nitrogens with two attached hydrogens (primary N) is 1. The summed E-state index contributed by atoms with van der Waals surface area (Å²) in [5.74, 6) is -1.56. The van der Waals surface area contributed by atoms with Crippen molar-refractivity contribution in [2.75, 3.05) is 6.61 Å². The van der Waals surface area contributed by atoms with Crippen LogP contribution in [0.1, 0.15) is 26.2 Å². The SMILES string of the molecule is CC(N)COC1CC(F)CC(C(=O)O)C1. The van der Waals surface area contributed by atoms with E-state index in [-0.39, 0.29) is 25.0 Å². The van der Waals surface area contributed by atoms with E-state index in [2.05, 4.69) is 0 Å². The fourth-order valence-corrected chi connectivity index (χ4v) is 1.83. The van der Waals surface area contributed by atoms with Gasteiger partial charge in [-0.3, -0.25) is 4.79 Å². The lowest BCUT2D eigenvalue weighted by Gasteiger charge is -2.29. The zero-order valence-corrected chi connectivity index (χ0v) is 8.86. The van der Waals surface area contributed by atoms with Crippen molar-refractivity contribution >= 4 is 5.97 Å². The molecule has 0 aromatic carbocycles. The normalized spacial score (nSPS) is 33.7. The molecule has 0 aliphatic heterocycles. The van der Waals surface area contributed by atoms with E-state index >= 15 is 0 Å². The number of carbonyl (C=O) groups is 1. The number of carboxylic acid groups (broad SMARTS) is 1. The van der Waals surface area contributed by atoms with Crippen LogP contribution in [0.15, 0.2) is 0 Å². The van der Waals surface area contributed by atoms with Crippen LogP contribution in [0, 0.1) is 5.92 Å². The van der Waals surface area contributed by atoms with E-state index < -0.39 is 18.1 Å². The van der Waals surface area contributed by atoms with E-state index in [1.54, 1.807) is 6.92 Å². The van der Waals surface area contributed by atoms with E-state index in [9.17, 15) is 9.18 Å². The van der Waals surface area contributed by atoms with Gasteiger partial charge in [-0.1, -0.05) is 0 Å². The van der Waals surface area contributed by atoms with E-state index in [1.165, 1.54) is 0 Å². The Morgan fingerprint density at radius 2 is 2.27 bits per heavy atom. The summed E-state index contributed by atoms with van der Waals surface area (Å²) in [5, 5.41) is 8.80. The first kappa shape index (κ1) is 12.4. The van der Waals surface area contributed by atoms with Gasteiger partial charge in [-0.25, -0.2) is 4.39 Å². The van der Waals surface area contributed by atoms with Crippen LogP contribution in [0.4, 0.5) is 4.39 Å². The molecule has 1 aliphatic rings. The Morgan fingerprint density at radius 1 is 1.60 bits per heavy atom. The number of ether oxygens (including phenoxy) is 1. The Kier molecular flexibility index (Phi) is 4.47. The van der Waals surface area contributed by atoms with E-state index in [1.807, 2.05) is 0 Å². The smallest absolute Gasteiger partial charge is 0.306 e. The fraction of sp³-hybridized carbons (Fsp3) is 0.900. The average Bonchev–Trinajstić information content (AvgIpc) is 2.13. The molecule has 0 spiro atoms. The van der Waals surface area contributed by atoms with Gasteiger partial charge in [-0.2, -0.15) is 0 Å². The highest BCUT2D eigenvalue weighted by Gasteiger charge is 2.33. The molecule has 3 N–H and O–H groups in total. The maximum Gasteiger partial charge on any atom is 0.306 e. The number of carboxylic acids is 1. The standard InChI is InChI=1S/C10H18FNO3/c1-6(12)5-15-9-3-7(10(13)14)2-8(11)4-9/h6-9H,2-5,12H2,1H3,(H,13,14). The van der Waals surface area contributed by atoms with Crippen molar-refractivity contribution in [2.24, 2.45) is 11.7 Å². The van der Waals surface area contributed by atoms with E-state index in [0.29, 0.717) is 13.0 Å². The number of hydrogen-bond acceptors (Lipinski definition) is 3. The lowest BCUT2D eigenvalue weighted by Crippen LogP contribution is -2.35. The molecule has 0 aromatic heterocycles. The van der Waals surface area contributed by atoms with Crippen LogP contribution >= 0.6 is 0 Å². The molecule has 0 bridgehead atoms. The molecule has 4 unspecified atom stereocenters. The average molecular weight is 219 g/mol. The van der Waals surface area contributed by atoms with Gasteiger partial charge in [0.05, 0.1) is 18.6 Å². The Bertz CT molecular complexity index is 223. The van der Waals surface area contributed by atoms with E-state index in [0.717, 1.165) is 0 Å². The van der Waals surface area contributed by atoms with E-state index in [4.69, 9.17) is 15.6 Å². The van der Waals surface area contributed by atoms with Gasteiger partial charge in [-0.15, -0.1) is 0 Å². The molecule has 4 atom stereocenters. The van der Waals surface area contributed by atoms with Crippen molar-refractivity contribution in [3.05, 3.63) is 0 Å². The number of rotatable bonds is 4. The Morgan fingerprint density at radius 3 is 2.80 bits per heavy atom. The third-order valence-electron chi connectivity index (χ3n) is 2.55. The van der Waals surface area contributed by atoms with Crippen molar-refractivity contribution in [3.8, 4) is 0 Å². The second kappa shape index (κ2) is 5.42. The molecule has 0 heterocycles. The molecule has 0 amide bonds. The maximum absolute atomic E-state index is 13.2. The minimum atomic E-state index is -1.07. The molecule has 1 saturated carbocycles. The topological polar surface area (TPSA) is 72.5 Å². The van der Waals surface area contributed by atoms with Gasteiger partial charge in [-0.05, 0) is 19.8 Å². The quantitative estimate of drug-likeness (QED) is 0.738. The van der Waals surface area contributed by atoms with Crippen molar-refractivity contribution in [1.29, 1.82) is 0 Å². The first-order valence-corrected chi connectivity index (χ1v) is 5.23. The molecule has 15 heavy (non-hydrogen) atoms. The Hall–Kier alpha value is -0.680. The van der Waals surface area contributed by atoms with Gasteiger partial charge in [0, 0.05) is 12.5 Å². The highest BCUT2D eigenvalue weighted by molar-refractivity contribution is 5.70. The summed E-state index contributed by atoms with van der Waals surface area (Å²) in [4.78, 5) is 10.7. The summed E-state index contributed by atoms with van der Waals surface area (Å²) in [5.41, 5.74) is 5.50. The highest BCUT2D eigenvalue weighted by Crippen LogP contribution is 2.28. The van der Waals surface area contributed by atoms with Gasteiger partial charge in [0.15, 0.2) is 0 Å². The molecular formula is C10H18FNO3. The molecule has 88 valence electrons. The zero-order chi connectivity index (χ0) is 11.4. The van der Waals surface area contributed by atoms with Gasteiger partial charge in [0.25, 0.3) is 0 Å². The first-order valence-electron chi connectivity index (χ1n) is 5.23. The van der Waals surface area contributed by atoms with Crippen LogP contribution in [-0.2, 0) is 9.53 Å². The van der Waals surface area contributed by atoms with Crippen LogP contribution in [-0.4, -0.2) is 36.0 Å². The molecule has 0 aromatic rings. The second-order valence-corrected chi connectivity index (χ2v) is 4.27. The predicted molar refractivity (Wildman–Crippen MR) is 53.3 cm³/mol. The van der Waals surface area contributed by atoms with Gasteiger partial charge in [0.1, 0.15) is 6.17 Å². The predicted octanol–water partition coefficient (Wildman–Crippen LogP) is 0.942. The van der Waals surface area contributed by atoms with Crippen LogP contribution in [0.3, 0.4) is 0 Å². The minimum Gasteiger partial charge on any atom is -0.481 e. The Balaban J connectivity index is 2.41. The summed E-state index contributed by atoms with van der Waals surface area (Å²) in [6, 6.07) is -0.103. The summed E-state index contributed by atoms with van der Waals surface area (Å²) in [6.45, 7) is 2.15. The number of aliphatic carboxylic acids is 1. The van der Waals surface area contributed by atoms with Gasteiger partial charge in [0.2, 0.25) is 0 Å². The Labute approximate surface area is 88.6 Å². The molecule has 1 aliphatic carbocycles. The number of halogens is 1. The number of alkyl halides is 1. The fourth-order valence-electron chi connectivity index (χ4n) is 1.83. The van der Waals surface area contributed by atoms with Gasteiger partial charge < -0.3 is 15.6 Å². The van der Waals surface area contributed by atoms with Crippen LogP contribution in [0.5, 0.6) is 0 Å². The second-order valence-electron chi connectivity index (χ2n) is 4.27. The maximum atomic E-state index is 13.2. The summed E-state index contributed by atoms with van der Waals surface area (Å²) in [6.07, 6.45) is -0.592. The number of hydrogen-bond donors (Lipinski definition) is 2. The third-order valence-corrected chi connectivity index (χ3v) is 2.55. The van der Waals surface area contributed by atoms with Crippen molar-refractivity contribution in [2.45, 2.75) is 44.5 Å². The third kappa shape index (κ3) is 4.13. The molecule has 1 rings (SSSR count). The molecule has 4 nitrogen and oxygen atoms in total. The summed E-state index contributed by atoms with van der Waals surface area (Å²) >= 11 is 0. The lowest BCUT2D eigenvalue weighted by atomic mass is 9.86. The monoisotopic (exact) mass is 219 g/mol. The minimum absolute atomic E-state index is 0.103. The molecule has 0 saturated heterocycles. The van der Waals surface area contributed by atoms with Crippen molar-refractivity contribution < 1.29 is 19.0 Å². The molecule has 1 fully saturated rings.